The Balaban J connectivity index is 0.000000127. The van der Waals surface area contributed by atoms with E-state index in [2.05, 4.69) is 191 Å². The molecule has 4 unspecified atom stereocenters. The van der Waals surface area contributed by atoms with Gasteiger partial charge >= 0.3 is 5.97 Å². The zero-order chi connectivity index (χ0) is 76.3. The zero-order valence-corrected chi connectivity index (χ0v) is 65.2. The second-order valence-corrected chi connectivity index (χ2v) is 31.8. The van der Waals surface area contributed by atoms with Crippen LogP contribution in [0.4, 0.5) is 0 Å². The van der Waals surface area contributed by atoms with Crippen molar-refractivity contribution in [3.63, 3.8) is 0 Å². The van der Waals surface area contributed by atoms with Gasteiger partial charge in [0.2, 0.25) is 0 Å². The van der Waals surface area contributed by atoms with Gasteiger partial charge in [0.05, 0.1) is 25.6 Å². The highest BCUT2D eigenvalue weighted by atomic mass is 16.4. The predicted molar refractivity (Wildman–Crippen MR) is 432 cm³/mol. The second-order valence-electron chi connectivity index (χ2n) is 31.8. The highest BCUT2D eigenvalue weighted by Crippen LogP contribution is 2.40. The van der Waals surface area contributed by atoms with Gasteiger partial charge in [0, 0.05) is 231 Å². The smallest absolute Gasteiger partial charge is 0.312 e. The van der Waals surface area contributed by atoms with Gasteiger partial charge in [-0.05, 0) is 202 Å². The Hall–Kier alpha value is -9.29. The topological polar surface area (TPSA) is 215 Å². The van der Waals surface area contributed by atoms with E-state index in [1.54, 1.807) is 61.7 Å². The van der Waals surface area contributed by atoms with Crippen LogP contribution in [0.3, 0.4) is 0 Å². The Labute approximate surface area is 635 Å². The molecule has 20 nitrogen and oxygen atoms in total. The number of nitrogens with zero attached hydrogens (tertiary/aromatic N) is 14. The SMILES string of the molecule is Cc1ccc2c(c1)c1c(n2CC(C(=O)O)c2ccncc2)CCN(C)C1.Cc1ccc2c(c1)c1c(n2CC(O)(CN(C)C)c2cccnc2)CCN(C)C1.Cc1ccc2c(c1)c1c(n2CC(O)(CN(C)C)c2ccncc2)CCN(C)C1.Cc1ccc2c(c1)c1c(n2CC(O)(CN)c2cccnc2)CCN(C)C1. The highest BCUT2D eigenvalue weighted by molar-refractivity contribution is 5.90. The van der Waals surface area contributed by atoms with Crippen molar-refractivity contribution in [2.24, 2.45) is 5.73 Å². The minimum atomic E-state index is -1.14. The van der Waals surface area contributed by atoms with Gasteiger partial charge in [-0.3, -0.25) is 24.7 Å². The van der Waals surface area contributed by atoms with Crippen LogP contribution in [0.1, 0.15) is 95.5 Å². The van der Waals surface area contributed by atoms with Crippen molar-refractivity contribution >= 4 is 49.6 Å². The quantitative estimate of drug-likeness (QED) is 0.0540. The molecule has 566 valence electrons. The summed E-state index contributed by atoms with van der Waals surface area (Å²) in [6, 6.07) is 41.5. The second kappa shape index (κ2) is 32.5. The number of carboxylic acid groups (broad SMARTS) is 1. The maximum Gasteiger partial charge on any atom is 0.312 e. The number of aromatic nitrogens is 8. The van der Waals surface area contributed by atoms with Crippen molar-refractivity contribution in [1.29, 1.82) is 0 Å². The monoisotopic (exact) mass is 1460 g/mol. The van der Waals surface area contributed by atoms with E-state index in [-0.39, 0.29) is 6.54 Å². The van der Waals surface area contributed by atoms with Gasteiger partial charge in [0.15, 0.2) is 0 Å². The van der Waals surface area contributed by atoms with Crippen LogP contribution in [0.15, 0.2) is 171 Å². The molecule has 4 aliphatic heterocycles. The Bertz CT molecular complexity index is 4970. The van der Waals surface area contributed by atoms with E-state index in [4.69, 9.17) is 5.73 Å². The van der Waals surface area contributed by atoms with Crippen LogP contribution in [0.25, 0.3) is 43.6 Å². The lowest BCUT2D eigenvalue weighted by Gasteiger charge is -2.33. The summed E-state index contributed by atoms with van der Waals surface area (Å²) in [6.07, 6.45) is 17.8. The van der Waals surface area contributed by atoms with Gasteiger partial charge in [0.1, 0.15) is 16.8 Å². The van der Waals surface area contributed by atoms with Gasteiger partial charge in [-0.2, -0.15) is 0 Å². The van der Waals surface area contributed by atoms with Crippen LogP contribution >= 0.6 is 0 Å². The van der Waals surface area contributed by atoms with E-state index in [0.717, 1.165) is 106 Å². The number of hydrogen-bond donors (Lipinski definition) is 5. The number of rotatable bonds is 18. The molecular formula is C88H109N15O5. The van der Waals surface area contributed by atoms with Crippen LogP contribution in [-0.4, -0.2) is 196 Å². The third-order valence-electron chi connectivity index (χ3n) is 22.5. The van der Waals surface area contributed by atoms with E-state index in [1.165, 1.54) is 105 Å². The first kappa shape index (κ1) is 76.9. The van der Waals surface area contributed by atoms with Crippen molar-refractivity contribution < 1.29 is 25.2 Å². The van der Waals surface area contributed by atoms with Gasteiger partial charge < -0.3 is 73.8 Å². The molecule has 20 heteroatoms. The molecule has 0 amide bonds. The van der Waals surface area contributed by atoms with Gasteiger partial charge in [-0.1, -0.05) is 58.7 Å². The van der Waals surface area contributed by atoms with Crippen LogP contribution in [-0.2, 0) is 99.6 Å². The van der Waals surface area contributed by atoms with Gasteiger partial charge in [0.25, 0.3) is 0 Å². The van der Waals surface area contributed by atoms with E-state index >= 15 is 0 Å². The number of carboxylic acids is 1. The molecule has 0 spiro atoms. The standard InChI is InChI=1S/2C23H30N4O.C21H26N4O.C21H23N3O2/c1-17-5-6-21-19(13-17)20-14-26(4)12-9-22(20)27(21)16-23(28,15-25(2)3)18-7-10-24-11-8-18;1-17-7-8-21-19(12-17)20-14-26(4)11-9-22(20)27(21)16-23(28,15-25(2)3)18-6-5-10-24-13-18;1-15-5-6-19-17(10-15)18-12-24(2)9-7-20(18)25(19)14-21(26,13-22)16-4-3-8-23-11-16;1-14-3-4-19-16(11-14)18-12-23(2)10-7-20(18)24(19)13-17(21(25)26)15-5-8-22-9-6-15/h5-8,10-11,13,28H,9,12,14-16H2,1-4H3;5-8,10,12-13,28H,9,11,14-16H2,1-4H3;3-6,8,10-11,26H,7,9,12-14,22H2,1-2H3;3-6,8-9,11,17H,7,10,12-13H2,1-2H3,(H,25,26). The molecule has 4 aromatic carbocycles. The summed E-state index contributed by atoms with van der Waals surface area (Å²) in [5, 5.41) is 49.9. The molecule has 0 fully saturated rings. The third-order valence-corrected chi connectivity index (χ3v) is 22.5. The maximum atomic E-state index is 12.0. The molecule has 108 heavy (non-hydrogen) atoms. The van der Waals surface area contributed by atoms with E-state index < -0.39 is 28.7 Å². The van der Waals surface area contributed by atoms with Crippen molar-refractivity contribution in [2.45, 2.75) is 128 Å². The average molecular weight is 1460 g/mol. The van der Waals surface area contributed by atoms with Gasteiger partial charge in [-0.15, -0.1) is 0 Å². The molecule has 0 saturated heterocycles. The largest absolute Gasteiger partial charge is 0.481 e. The molecular weight excluding hydrogens is 1350 g/mol. The lowest BCUT2D eigenvalue weighted by Crippen LogP contribution is -2.42. The summed E-state index contributed by atoms with van der Waals surface area (Å²) >= 11 is 0. The van der Waals surface area contributed by atoms with Crippen molar-refractivity contribution in [3.05, 3.63) is 260 Å². The number of aryl methyl sites for hydroxylation is 4. The summed E-state index contributed by atoms with van der Waals surface area (Å²) in [5.41, 5.74) is 26.9. The Morgan fingerprint density at radius 1 is 0.435 bits per heavy atom. The van der Waals surface area contributed by atoms with Crippen molar-refractivity contribution in [2.75, 3.05) is 102 Å². The first-order chi connectivity index (χ1) is 51.8. The lowest BCUT2D eigenvalue weighted by atomic mass is 9.93. The number of fused-ring (bicyclic) bond motifs is 12. The van der Waals surface area contributed by atoms with E-state index in [0.29, 0.717) is 39.3 Å². The summed E-state index contributed by atoms with van der Waals surface area (Å²) in [5.74, 6) is -1.38. The molecule has 8 aromatic heterocycles. The number of pyridine rings is 4. The fourth-order valence-electron chi connectivity index (χ4n) is 17.2. The van der Waals surface area contributed by atoms with Crippen LogP contribution in [0, 0.1) is 27.7 Å². The lowest BCUT2D eigenvalue weighted by molar-refractivity contribution is -0.139. The summed E-state index contributed by atoms with van der Waals surface area (Å²) in [7, 11) is 16.7. The zero-order valence-electron chi connectivity index (χ0n) is 65.2. The summed E-state index contributed by atoms with van der Waals surface area (Å²) < 4.78 is 9.22. The molecule has 16 rings (SSSR count). The number of aliphatic carboxylic acids is 1. The first-order valence-corrected chi connectivity index (χ1v) is 38.0. The van der Waals surface area contributed by atoms with Crippen molar-refractivity contribution in [1.82, 2.24) is 67.6 Å². The number of aliphatic hydroxyl groups is 3. The molecule has 0 bridgehead atoms. The number of carbonyl (C=O) groups is 1. The highest BCUT2D eigenvalue weighted by Gasteiger charge is 2.38. The van der Waals surface area contributed by atoms with E-state index in [1.807, 2.05) is 69.5 Å². The van der Waals surface area contributed by atoms with Crippen LogP contribution in [0.2, 0.25) is 0 Å². The number of benzene rings is 4. The molecule has 4 atom stereocenters. The minimum absolute atomic E-state index is 0.152. The van der Waals surface area contributed by atoms with Crippen LogP contribution in [0.5, 0.6) is 0 Å². The Kier molecular flexibility index (Phi) is 23.1. The summed E-state index contributed by atoms with van der Waals surface area (Å²) in [4.78, 5) is 42.1. The number of likely N-dealkylation sites (N-methyl/N-ethyl adjacent to an activating group) is 6. The average Bonchev–Trinajstić information content (AvgIpc) is 1.61. The van der Waals surface area contributed by atoms with Crippen LogP contribution < -0.4 is 5.73 Å². The first-order valence-electron chi connectivity index (χ1n) is 38.0. The molecule has 4 aliphatic rings. The Morgan fingerprint density at radius 3 is 1.09 bits per heavy atom. The molecule has 6 N–H and O–H groups in total. The van der Waals surface area contributed by atoms with Crippen molar-refractivity contribution in [3.8, 4) is 0 Å². The molecule has 12 heterocycles. The number of hydrogen-bond acceptors (Lipinski definition) is 15. The Morgan fingerprint density at radius 2 is 0.759 bits per heavy atom. The molecule has 0 aliphatic carbocycles. The third kappa shape index (κ3) is 16.4. The maximum absolute atomic E-state index is 12.0. The minimum Gasteiger partial charge on any atom is -0.481 e. The van der Waals surface area contributed by atoms with E-state index in [9.17, 15) is 25.2 Å². The fraction of sp³-hybridized carbons (Fsp3) is 0.398. The molecule has 0 saturated carbocycles. The summed E-state index contributed by atoms with van der Waals surface area (Å²) in [6.45, 7) is 19.6. The fourth-order valence-corrected chi connectivity index (χ4v) is 17.2. The molecule has 0 radical (unpaired) electrons. The van der Waals surface area contributed by atoms with Gasteiger partial charge in [-0.25, -0.2) is 0 Å². The number of nitrogens with two attached hydrogens (primary N) is 1. The predicted octanol–water partition coefficient (Wildman–Crippen LogP) is 10.9. The molecule has 12 aromatic rings. The normalized spacial score (nSPS) is 16.8.